The van der Waals surface area contributed by atoms with Crippen molar-refractivity contribution in [2.24, 2.45) is 16.9 Å². The van der Waals surface area contributed by atoms with Crippen LogP contribution in [0.5, 0.6) is 0 Å². The lowest BCUT2D eigenvalue weighted by Crippen LogP contribution is -2.21. The maximum Gasteiger partial charge on any atom is 0.243 e. The molecule has 1 amide bonds. The zero-order valence-corrected chi connectivity index (χ0v) is 15.2. The molecule has 0 unspecified atom stereocenters. The number of carbonyl (C=O) groups is 1. The van der Waals surface area contributed by atoms with Crippen molar-refractivity contribution in [2.75, 3.05) is 0 Å². The summed E-state index contributed by atoms with van der Waals surface area (Å²) < 4.78 is 0. The Morgan fingerprint density at radius 1 is 1.12 bits per heavy atom. The van der Waals surface area contributed by atoms with Crippen molar-refractivity contribution < 1.29 is 4.79 Å². The van der Waals surface area contributed by atoms with E-state index in [4.69, 9.17) is 0 Å². The van der Waals surface area contributed by atoms with Gasteiger partial charge in [0.15, 0.2) is 0 Å². The molecular weight excluding hydrogens is 308 g/mol. The molecule has 2 aromatic rings. The lowest BCUT2D eigenvalue weighted by atomic mass is 10.0. The van der Waals surface area contributed by atoms with Crippen molar-refractivity contribution in [3.05, 3.63) is 71.3 Å². The number of benzene rings is 2. The minimum absolute atomic E-state index is 0.0182. The van der Waals surface area contributed by atoms with Crippen molar-refractivity contribution in [3.63, 3.8) is 0 Å². The van der Waals surface area contributed by atoms with Gasteiger partial charge in [-0.05, 0) is 48.3 Å². The number of nitrogens with zero attached hydrogens (tertiary/aromatic N) is 1. The molecule has 25 heavy (non-hydrogen) atoms. The zero-order chi connectivity index (χ0) is 17.8. The van der Waals surface area contributed by atoms with E-state index in [9.17, 15) is 4.79 Å². The first-order valence-electron chi connectivity index (χ1n) is 9.03. The number of hydrogen-bond donors (Lipinski definition) is 1. The molecule has 3 rings (SSSR count). The normalized spacial score (nSPS) is 19.8. The topological polar surface area (TPSA) is 41.5 Å². The number of carbonyl (C=O) groups excluding carboxylic acids is 1. The first kappa shape index (κ1) is 17.4. The summed E-state index contributed by atoms with van der Waals surface area (Å²) in [5, 5.41) is 4.29. The second-order valence-electron chi connectivity index (χ2n) is 7.33. The van der Waals surface area contributed by atoms with Gasteiger partial charge in [0.05, 0.1) is 5.71 Å². The average Bonchev–Trinajstić information content (AvgIpc) is 3.41. The quantitative estimate of drug-likeness (QED) is 0.612. The minimum Gasteiger partial charge on any atom is -0.273 e. The van der Waals surface area contributed by atoms with E-state index in [0.29, 0.717) is 11.8 Å². The average molecular weight is 334 g/mol. The van der Waals surface area contributed by atoms with Gasteiger partial charge in [0.1, 0.15) is 0 Å². The second-order valence-corrected chi connectivity index (χ2v) is 7.33. The molecule has 0 spiro atoms. The van der Waals surface area contributed by atoms with Crippen molar-refractivity contribution in [3.8, 4) is 0 Å². The highest BCUT2D eigenvalue weighted by Gasteiger charge is 2.43. The summed E-state index contributed by atoms with van der Waals surface area (Å²) in [6, 6.07) is 18.7. The van der Waals surface area contributed by atoms with Crippen molar-refractivity contribution in [2.45, 2.75) is 39.5 Å². The molecule has 0 radical (unpaired) electrons. The Balaban J connectivity index is 1.56. The molecule has 130 valence electrons. The highest BCUT2D eigenvalue weighted by atomic mass is 16.2. The van der Waals surface area contributed by atoms with E-state index < -0.39 is 0 Å². The monoisotopic (exact) mass is 334 g/mol. The third-order valence-corrected chi connectivity index (χ3v) is 4.70. The number of hydrazone groups is 1. The van der Waals surface area contributed by atoms with Gasteiger partial charge in [0.2, 0.25) is 5.91 Å². The van der Waals surface area contributed by atoms with Gasteiger partial charge in [0, 0.05) is 5.92 Å². The third-order valence-electron chi connectivity index (χ3n) is 4.70. The summed E-state index contributed by atoms with van der Waals surface area (Å²) in [4.78, 5) is 12.3. The van der Waals surface area contributed by atoms with Gasteiger partial charge in [-0.2, -0.15) is 5.10 Å². The molecule has 1 N–H and O–H groups in total. The predicted molar refractivity (Wildman–Crippen MR) is 103 cm³/mol. The Hall–Kier alpha value is -2.42. The standard InChI is InChI=1S/C22H26N2O/c1-15(2)13-17-9-11-18(12-10-17)16(3)23-24-22(25)21-14-20(21)19-7-5-4-6-8-19/h4-12,15,20-21H,13-14H2,1-3H3,(H,24,25)/b23-16-/t20-,21+/m0/s1. The molecule has 2 atom stereocenters. The van der Waals surface area contributed by atoms with E-state index in [1.807, 2.05) is 25.1 Å². The summed E-state index contributed by atoms with van der Waals surface area (Å²) >= 11 is 0. The molecule has 2 aromatic carbocycles. The van der Waals surface area contributed by atoms with Crippen molar-refractivity contribution in [1.82, 2.24) is 5.43 Å². The minimum atomic E-state index is 0.0182. The molecule has 1 saturated carbocycles. The number of amides is 1. The van der Waals surface area contributed by atoms with E-state index in [-0.39, 0.29) is 11.8 Å². The van der Waals surface area contributed by atoms with E-state index in [1.165, 1.54) is 11.1 Å². The molecule has 0 aromatic heterocycles. The van der Waals surface area contributed by atoms with E-state index in [2.05, 4.69) is 60.8 Å². The van der Waals surface area contributed by atoms with Crippen molar-refractivity contribution in [1.29, 1.82) is 0 Å². The number of nitrogens with one attached hydrogen (secondary N) is 1. The summed E-state index contributed by atoms with van der Waals surface area (Å²) in [7, 11) is 0. The highest BCUT2D eigenvalue weighted by Crippen LogP contribution is 2.47. The third kappa shape index (κ3) is 4.56. The molecule has 3 heteroatoms. The fraction of sp³-hybridized carbons (Fsp3) is 0.364. The van der Waals surface area contributed by atoms with Gasteiger partial charge >= 0.3 is 0 Å². The number of rotatable bonds is 6. The molecule has 0 heterocycles. The lowest BCUT2D eigenvalue weighted by molar-refractivity contribution is -0.122. The van der Waals surface area contributed by atoms with Crippen LogP contribution >= 0.6 is 0 Å². The van der Waals surface area contributed by atoms with Crippen LogP contribution in [0.15, 0.2) is 59.7 Å². The van der Waals surface area contributed by atoms with Gasteiger partial charge in [0.25, 0.3) is 0 Å². The summed E-state index contributed by atoms with van der Waals surface area (Å²) in [6.45, 7) is 6.37. The summed E-state index contributed by atoms with van der Waals surface area (Å²) in [5.74, 6) is 1.06. The smallest absolute Gasteiger partial charge is 0.243 e. The Kier molecular flexibility index (Phi) is 5.32. The molecule has 3 nitrogen and oxygen atoms in total. The van der Waals surface area contributed by atoms with Crippen LogP contribution in [-0.2, 0) is 11.2 Å². The molecular formula is C22H26N2O. The van der Waals surface area contributed by atoms with Crippen LogP contribution in [0.3, 0.4) is 0 Å². The van der Waals surface area contributed by atoms with E-state index in [1.54, 1.807) is 0 Å². The largest absolute Gasteiger partial charge is 0.273 e. The van der Waals surface area contributed by atoms with Crippen LogP contribution in [0.2, 0.25) is 0 Å². The van der Waals surface area contributed by atoms with Gasteiger partial charge in [-0.1, -0.05) is 68.4 Å². The van der Waals surface area contributed by atoms with Gasteiger partial charge < -0.3 is 0 Å². The Morgan fingerprint density at radius 2 is 1.80 bits per heavy atom. The first-order chi connectivity index (χ1) is 12.0. The fourth-order valence-electron chi connectivity index (χ4n) is 3.19. The van der Waals surface area contributed by atoms with Gasteiger partial charge in [-0.25, -0.2) is 5.43 Å². The first-order valence-corrected chi connectivity index (χ1v) is 9.03. The van der Waals surface area contributed by atoms with Crippen LogP contribution in [0, 0.1) is 11.8 Å². The SMILES string of the molecule is C/C(=N/NC(=O)[C@@H]1C[C@H]1c1ccccc1)c1ccc(CC(C)C)cc1. The maximum atomic E-state index is 12.3. The van der Waals surface area contributed by atoms with Crippen molar-refractivity contribution >= 4 is 11.6 Å². The van der Waals surface area contributed by atoms with Crippen LogP contribution in [0.1, 0.15) is 49.8 Å². The molecule has 0 bridgehead atoms. The zero-order valence-electron chi connectivity index (χ0n) is 15.2. The molecule has 1 aliphatic carbocycles. The van der Waals surface area contributed by atoms with E-state index in [0.717, 1.165) is 24.1 Å². The fourth-order valence-corrected chi connectivity index (χ4v) is 3.19. The van der Waals surface area contributed by atoms with Crippen LogP contribution in [-0.4, -0.2) is 11.6 Å². The van der Waals surface area contributed by atoms with E-state index >= 15 is 0 Å². The second kappa shape index (κ2) is 7.64. The Labute approximate surface area is 150 Å². The van der Waals surface area contributed by atoms with Gasteiger partial charge in [-0.15, -0.1) is 0 Å². The molecule has 0 aliphatic heterocycles. The predicted octanol–water partition coefficient (Wildman–Crippen LogP) is 4.53. The lowest BCUT2D eigenvalue weighted by Gasteiger charge is -2.07. The van der Waals surface area contributed by atoms with Crippen LogP contribution in [0.4, 0.5) is 0 Å². The highest BCUT2D eigenvalue weighted by molar-refractivity contribution is 5.99. The molecule has 1 aliphatic rings. The van der Waals surface area contributed by atoms with Crippen LogP contribution < -0.4 is 5.43 Å². The Morgan fingerprint density at radius 3 is 2.44 bits per heavy atom. The van der Waals surface area contributed by atoms with Gasteiger partial charge in [-0.3, -0.25) is 4.79 Å². The Bertz CT molecular complexity index is 747. The summed E-state index contributed by atoms with van der Waals surface area (Å²) in [5.41, 5.74) is 7.19. The summed E-state index contributed by atoms with van der Waals surface area (Å²) in [6.07, 6.45) is 1.99. The molecule has 0 saturated heterocycles. The van der Waals surface area contributed by atoms with Crippen LogP contribution in [0.25, 0.3) is 0 Å². The number of hydrogen-bond acceptors (Lipinski definition) is 2. The molecule has 1 fully saturated rings. The maximum absolute atomic E-state index is 12.3.